The molecule has 3 nitrogen and oxygen atoms in total. The van der Waals surface area contributed by atoms with E-state index in [1.165, 1.54) is 6.39 Å². The number of hydrogen-bond acceptors (Lipinski definition) is 4. The Hall–Kier alpha value is -1.42. The van der Waals surface area contributed by atoms with Gasteiger partial charge >= 0.3 is 0 Å². The standard InChI is InChI=1S/C9H8N2OS/c13-11-8-3-1-7(2-4-8)9-5-10-6-12-9/h1-6,11,13H. The summed E-state index contributed by atoms with van der Waals surface area (Å²) < 4.78 is 7.89. The molecule has 0 spiro atoms. The maximum absolute atomic E-state index is 5.14. The number of rotatable bonds is 2. The Kier molecular flexibility index (Phi) is 2.23. The SMILES string of the molecule is SNc1ccc(-c2cnco2)cc1. The highest BCUT2D eigenvalue weighted by atomic mass is 32.1. The lowest BCUT2D eigenvalue weighted by Crippen LogP contribution is -1.79. The average molecular weight is 192 g/mol. The van der Waals surface area contributed by atoms with E-state index >= 15 is 0 Å². The van der Waals surface area contributed by atoms with Gasteiger partial charge in [-0.2, -0.15) is 0 Å². The van der Waals surface area contributed by atoms with Crippen LogP contribution in [0, 0.1) is 0 Å². The van der Waals surface area contributed by atoms with E-state index in [0.717, 1.165) is 17.0 Å². The second-order valence-electron chi connectivity index (χ2n) is 2.55. The molecule has 0 saturated carbocycles. The average Bonchev–Trinajstić information content (AvgIpc) is 2.71. The normalized spacial score (nSPS) is 9.92. The third kappa shape index (κ3) is 1.67. The largest absolute Gasteiger partial charge is 0.444 e. The molecule has 13 heavy (non-hydrogen) atoms. The van der Waals surface area contributed by atoms with Crippen LogP contribution in [0.15, 0.2) is 41.3 Å². The number of thiol groups is 1. The molecule has 0 fully saturated rings. The molecule has 1 N–H and O–H groups in total. The molecule has 0 bridgehead atoms. The van der Waals surface area contributed by atoms with Crippen molar-refractivity contribution in [2.75, 3.05) is 4.72 Å². The smallest absolute Gasteiger partial charge is 0.181 e. The second kappa shape index (κ2) is 3.53. The summed E-state index contributed by atoms with van der Waals surface area (Å²) in [6, 6.07) is 7.73. The van der Waals surface area contributed by atoms with Crippen molar-refractivity contribution in [2.45, 2.75) is 0 Å². The Morgan fingerprint density at radius 3 is 2.54 bits per heavy atom. The third-order valence-corrected chi connectivity index (χ3v) is 1.99. The number of nitrogens with zero attached hydrogens (tertiary/aromatic N) is 1. The molecule has 0 aliphatic carbocycles. The van der Waals surface area contributed by atoms with Gasteiger partial charge in [0.2, 0.25) is 0 Å². The van der Waals surface area contributed by atoms with E-state index in [1.54, 1.807) is 6.20 Å². The van der Waals surface area contributed by atoms with Crippen LogP contribution in [-0.2, 0) is 0 Å². The zero-order chi connectivity index (χ0) is 9.10. The van der Waals surface area contributed by atoms with E-state index in [2.05, 4.69) is 22.5 Å². The fraction of sp³-hybridized carbons (Fsp3) is 0. The van der Waals surface area contributed by atoms with Crippen molar-refractivity contribution in [1.82, 2.24) is 4.98 Å². The first-order chi connectivity index (χ1) is 6.40. The van der Waals surface area contributed by atoms with Crippen molar-refractivity contribution in [3.8, 4) is 11.3 Å². The topological polar surface area (TPSA) is 38.1 Å². The van der Waals surface area contributed by atoms with Gasteiger partial charge in [-0.15, -0.1) is 0 Å². The Balaban J connectivity index is 2.33. The molecule has 1 heterocycles. The molecule has 0 saturated heterocycles. The maximum Gasteiger partial charge on any atom is 0.181 e. The van der Waals surface area contributed by atoms with Gasteiger partial charge in [0, 0.05) is 11.3 Å². The van der Waals surface area contributed by atoms with Crippen molar-refractivity contribution >= 4 is 18.5 Å². The Morgan fingerprint density at radius 2 is 2.00 bits per heavy atom. The number of hydrogen-bond donors (Lipinski definition) is 2. The number of oxazole rings is 1. The zero-order valence-corrected chi connectivity index (χ0v) is 7.66. The molecular formula is C9H8N2OS. The van der Waals surface area contributed by atoms with Crippen LogP contribution in [0.4, 0.5) is 5.69 Å². The van der Waals surface area contributed by atoms with Crippen LogP contribution in [0.25, 0.3) is 11.3 Å². The van der Waals surface area contributed by atoms with Gasteiger partial charge in [-0.1, -0.05) is 12.8 Å². The maximum atomic E-state index is 5.14. The zero-order valence-electron chi connectivity index (χ0n) is 6.77. The van der Waals surface area contributed by atoms with E-state index in [9.17, 15) is 0 Å². The molecular weight excluding hydrogens is 184 g/mol. The molecule has 66 valence electrons. The molecule has 1 aromatic carbocycles. The molecule has 1 aromatic heterocycles. The van der Waals surface area contributed by atoms with Crippen molar-refractivity contribution in [3.63, 3.8) is 0 Å². The van der Waals surface area contributed by atoms with E-state index < -0.39 is 0 Å². The lowest BCUT2D eigenvalue weighted by atomic mass is 10.2. The van der Waals surface area contributed by atoms with E-state index in [0.29, 0.717) is 0 Å². The fourth-order valence-corrected chi connectivity index (χ4v) is 1.22. The van der Waals surface area contributed by atoms with Gasteiger partial charge in [-0.05, 0) is 24.3 Å². The highest BCUT2D eigenvalue weighted by Crippen LogP contribution is 2.20. The molecule has 2 rings (SSSR count). The van der Waals surface area contributed by atoms with Crippen molar-refractivity contribution in [3.05, 3.63) is 36.9 Å². The van der Waals surface area contributed by atoms with Crippen molar-refractivity contribution in [2.24, 2.45) is 0 Å². The Bertz CT molecular complexity index is 369. The minimum Gasteiger partial charge on any atom is -0.444 e. The molecule has 0 aliphatic rings. The quantitative estimate of drug-likeness (QED) is 0.718. The van der Waals surface area contributed by atoms with Gasteiger partial charge in [0.05, 0.1) is 6.20 Å². The summed E-state index contributed by atoms with van der Waals surface area (Å²) in [6.45, 7) is 0. The Morgan fingerprint density at radius 1 is 1.23 bits per heavy atom. The summed E-state index contributed by atoms with van der Waals surface area (Å²) in [6.07, 6.45) is 3.10. The predicted molar refractivity (Wildman–Crippen MR) is 54.5 cm³/mol. The first kappa shape index (κ1) is 8.19. The van der Waals surface area contributed by atoms with Crippen LogP contribution in [0.3, 0.4) is 0 Å². The molecule has 0 unspecified atom stereocenters. The monoisotopic (exact) mass is 192 g/mol. The summed E-state index contributed by atoms with van der Waals surface area (Å²) in [5.41, 5.74) is 1.96. The van der Waals surface area contributed by atoms with Crippen LogP contribution in [0.2, 0.25) is 0 Å². The highest BCUT2D eigenvalue weighted by Gasteiger charge is 1.99. The second-order valence-corrected chi connectivity index (χ2v) is 2.78. The molecule has 0 amide bonds. The van der Waals surface area contributed by atoms with E-state index in [4.69, 9.17) is 4.42 Å². The van der Waals surface area contributed by atoms with Gasteiger partial charge in [0.25, 0.3) is 0 Å². The summed E-state index contributed by atoms with van der Waals surface area (Å²) in [4.78, 5) is 3.84. The Labute approximate surface area is 81.3 Å². The van der Waals surface area contributed by atoms with Gasteiger partial charge in [-0.3, -0.25) is 0 Å². The highest BCUT2D eigenvalue weighted by molar-refractivity contribution is 7.81. The summed E-state index contributed by atoms with van der Waals surface area (Å²) in [5.74, 6) is 0.769. The fourth-order valence-electron chi connectivity index (χ4n) is 1.07. The summed E-state index contributed by atoms with van der Waals surface area (Å²) in [7, 11) is 0. The summed E-state index contributed by atoms with van der Waals surface area (Å²) >= 11 is 3.93. The van der Waals surface area contributed by atoms with Crippen LogP contribution < -0.4 is 4.72 Å². The first-order valence-electron chi connectivity index (χ1n) is 3.79. The van der Waals surface area contributed by atoms with Crippen LogP contribution in [0.5, 0.6) is 0 Å². The van der Waals surface area contributed by atoms with Gasteiger partial charge in [0.1, 0.15) is 0 Å². The van der Waals surface area contributed by atoms with Gasteiger partial charge in [-0.25, -0.2) is 4.98 Å². The lowest BCUT2D eigenvalue weighted by Gasteiger charge is -1.99. The van der Waals surface area contributed by atoms with Crippen LogP contribution in [-0.4, -0.2) is 4.98 Å². The predicted octanol–water partition coefficient (Wildman–Crippen LogP) is 2.60. The molecule has 0 aliphatic heterocycles. The van der Waals surface area contributed by atoms with Gasteiger partial charge in [0.15, 0.2) is 12.2 Å². The van der Waals surface area contributed by atoms with Crippen molar-refractivity contribution in [1.29, 1.82) is 0 Å². The van der Waals surface area contributed by atoms with E-state index in [-0.39, 0.29) is 0 Å². The number of anilines is 1. The minimum absolute atomic E-state index is 0.769. The third-order valence-electron chi connectivity index (χ3n) is 1.73. The summed E-state index contributed by atoms with van der Waals surface area (Å²) in [5, 5.41) is 0. The molecule has 0 atom stereocenters. The van der Waals surface area contributed by atoms with Gasteiger partial charge < -0.3 is 9.14 Å². The van der Waals surface area contributed by atoms with Crippen LogP contribution in [0.1, 0.15) is 0 Å². The number of aromatic nitrogens is 1. The first-order valence-corrected chi connectivity index (χ1v) is 4.24. The van der Waals surface area contributed by atoms with E-state index in [1.807, 2.05) is 24.3 Å². The molecule has 2 aromatic rings. The number of nitrogens with one attached hydrogen (secondary N) is 1. The molecule has 0 radical (unpaired) electrons. The van der Waals surface area contributed by atoms with Crippen molar-refractivity contribution < 1.29 is 4.42 Å². The minimum atomic E-state index is 0.769. The molecule has 4 heteroatoms. The van der Waals surface area contributed by atoms with Crippen LogP contribution >= 0.6 is 12.8 Å². The number of benzene rings is 1. The lowest BCUT2D eigenvalue weighted by molar-refractivity contribution is 0.572.